The Bertz CT molecular complexity index is 681. The van der Waals surface area contributed by atoms with E-state index in [9.17, 15) is 17.6 Å². The fraction of sp³-hybridized carbons (Fsp3) is 0.680. The predicted octanol–water partition coefficient (Wildman–Crippen LogP) is 8.24. The molecule has 1 aromatic carbocycles. The van der Waals surface area contributed by atoms with Gasteiger partial charge in [-0.3, -0.25) is 0 Å². The third kappa shape index (κ3) is 7.02. The lowest BCUT2D eigenvalue weighted by molar-refractivity contribution is -0.275. The van der Waals surface area contributed by atoms with Gasteiger partial charge in [-0.2, -0.15) is 0 Å². The molecule has 2 saturated carbocycles. The zero-order valence-corrected chi connectivity index (χ0v) is 17.9. The quantitative estimate of drug-likeness (QED) is 0.315. The fourth-order valence-electron chi connectivity index (χ4n) is 5.35. The van der Waals surface area contributed by atoms with Crippen molar-refractivity contribution < 1.29 is 22.3 Å². The molecule has 3 rings (SSSR count). The monoisotopic (exact) mass is 426 g/mol. The average Bonchev–Trinajstić information content (AvgIpc) is 2.73. The van der Waals surface area contributed by atoms with E-state index in [1.54, 1.807) is 0 Å². The summed E-state index contributed by atoms with van der Waals surface area (Å²) in [4.78, 5) is 0. The summed E-state index contributed by atoms with van der Waals surface area (Å²) in [6, 6.07) is 3.64. The van der Waals surface area contributed by atoms with E-state index in [4.69, 9.17) is 0 Å². The van der Waals surface area contributed by atoms with Crippen LogP contribution in [-0.4, -0.2) is 6.36 Å². The Balaban J connectivity index is 1.37. The molecule has 1 nitrogen and oxygen atoms in total. The van der Waals surface area contributed by atoms with Gasteiger partial charge in [0.2, 0.25) is 0 Å². The Kier molecular flexibility index (Phi) is 8.24. The summed E-state index contributed by atoms with van der Waals surface area (Å²) >= 11 is 0. The third-order valence-corrected chi connectivity index (χ3v) is 7.24. The first-order valence-electron chi connectivity index (χ1n) is 11.5. The van der Waals surface area contributed by atoms with E-state index in [-0.39, 0.29) is 0 Å². The average molecular weight is 427 g/mol. The molecule has 0 N–H and O–H groups in total. The molecule has 0 heterocycles. The van der Waals surface area contributed by atoms with Crippen LogP contribution in [0.3, 0.4) is 0 Å². The normalized spacial score (nSPS) is 28.0. The first-order chi connectivity index (χ1) is 14.3. The van der Waals surface area contributed by atoms with Crippen molar-refractivity contribution >= 4 is 0 Å². The Morgan fingerprint density at radius 2 is 1.50 bits per heavy atom. The number of halogens is 4. The van der Waals surface area contributed by atoms with Gasteiger partial charge in [0.05, 0.1) is 0 Å². The van der Waals surface area contributed by atoms with Crippen LogP contribution in [0.5, 0.6) is 5.75 Å². The molecule has 0 aliphatic heterocycles. The van der Waals surface area contributed by atoms with Crippen molar-refractivity contribution in [2.24, 2.45) is 23.7 Å². The van der Waals surface area contributed by atoms with Gasteiger partial charge in [-0.1, -0.05) is 44.4 Å². The number of hydrogen-bond donors (Lipinski definition) is 0. The topological polar surface area (TPSA) is 9.23 Å². The van der Waals surface area contributed by atoms with Gasteiger partial charge in [-0.05, 0) is 92.7 Å². The minimum Gasteiger partial charge on any atom is -0.403 e. The highest BCUT2D eigenvalue weighted by atomic mass is 19.4. The van der Waals surface area contributed by atoms with Crippen LogP contribution in [-0.2, 0) is 6.42 Å². The van der Waals surface area contributed by atoms with Gasteiger partial charge in [-0.25, -0.2) is 4.39 Å². The Morgan fingerprint density at radius 3 is 2.03 bits per heavy atom. The maximum atomic E-state index is 13.8. The van der Waals surface area contributed by atoms with Crippen LogP contribution in [0.1, 0.15) is 76.7 Å². The first-order valence-corrected chi connectivity index (χ1v) is 11.5. The van der Waals surface area contributed by atoms with Crippen molar-refractivity contribution in [2.45, 2.75) is 83.9 Å². The van der Waals surface area contributed by atoms with Crippen molar-refractivity contribution in [2.75, 3.05) is 0 Å². The van der Waals surface area contributed by atoms with E-state index in [1.807, 2.05) is 6.08 Å². The summed E-state index contributed by atoms with van der Waals surface area (Å²) in [5.74, 6) is 1.79. The molecule has 2 fully saturated rings. The minimum absolute atomic E-state index is 0.513. The molecule has 0 saturated heterocycles. The van der Waals surface area contributed by atoms with E-state index in [0.29, 0.717) is 12.0 Å². The number of ether oxygens (including phenoxy) is 1. The van der Waals surface area contributed by atoms with Crippen molar-refractivity contribution in [1.82, 2.24) is 0 Å². The van der Waals surface area contributed by atoms with Gasteiger partial charge in [0.25, 0.3) is 0 Å². The third-order valence-electron chi connectivity index (χ3n) is 7.24. The molecule has 0 bridgehead atoms. The Morgan fingerprint density at radius 1 is 0.900 bits per heavy atom. The Labute approximate surface area is 177 Å². The van der Waals surface area contributed by atoms with Gasteiger partial charge < -0.3 is 4.74 Å². The van der Waals surface area contributed by atoms with E-state index in [1.165, 1.54) is 63.9 Å². The second-order valence-corrected chi connectivity index (χ2v) is 9.19. The van der Waals surface area contributed by atoms with E-state index in [2.05, 4.69) is 17.7 Å². The van der Waals surface area contributed by atoms with Crippen LogP contribution in [0, 0.1) is 29.5 Å². The van der Waals surface area contributed by atoms with Gasteiger partial charge >= 0.3 is 6.36 Å². The van der Waals surface area contributed by atoms with Gasteiger partial charge in [0.1, 0.15) is 0 Å². The zero-order chi connectivity index (χ0) is 21.6. The maximum absolute atomic E-state index is 13.8. The van der Waals surface area contributed by atoms with E-state index >= 15 is 0 Å². The van der Waals surface area contributed by atoms with Crippen molar-refractivity contribution in [1.29, 1.82) is 0 Å². The molecular formula is C25H34F4O. The lowest BCUT2D eigenvalue weighted by Crippen LogP contribution is -2.25. The highest BCUT2D eigenvalue weighted by molar-refractivity contribution is 5.30. The molecule has 0 spiro atoms. The molecule has 30 heavy (non-hydrogen) atoms. The number of alkyl halides is 3. The molecule has 168 valence electrons. The molecule has 0 radical (unpaired) electrons. The second-order valence-electron chi connectivity index (χ2n) is 9.19. The van der Waals surface area contributed by atoms with Crippen LogP contribution < -0.4 is 4.74 Å². The van der Waals surface area contributed by atoms with Crippen molar-refractivity contribution in [3.05, 3.63) is 41.7 Å². The standard InChI is InChI=1S/C25H34F4O/c1-2-18-7-12-21(13-8-18)22-14-9-19(10-15-22)5-3-4-6-20-11-16-24(23(26)17-20)30-25(27,28)29/h3-4,11,16-19,21-22H,2,5-10,12-15H2,1H3. The van der Waals surface area contributed by atoms with Crippen LogP contribution in [0.2, 0.25) is 0 Å². The largest absolute Gasteiger partial charge is 0.573 e. The molecule has 0 amide bonds. The molecule has 2 aliphatic rings. The predicted molar refractivity (Wildman–Crippen MR) is 112 cm³/mol. The van der Waals surface area contributed by atoms with Gasteiger partial charge in [0.15, 0.2) is 11.6 Å². The first kappa shape index (κ1) is 23.1. The number of hydrogen-bond acceptors (Lipinski definition) is 1. The summed E-state index contributed by atoms with van der Waals surface area (Å²) in [5.41, 5.74) is 0.643. The molecule has 0 atom stereocenters. The molecule has 0 unspecified atom stereocenters. The number of allylic oxidation sites excluding steroid dienone is 2. The zero-order valence-electron chi connectivity index (χ0n) is 17.9. The molecule has 2 aliphatic carbocycles. The molecular weight excluding hydrogens is 392 g/mol. The van der Waals surface area contributed by atoms with Crippen LogP contribution in [0.25, 0.3) is 0 Å². The van der Waals surface area contributed by atoms with Gasteiger partial charge in [-0.15, -0.1) is 13.2 Å². The van der Waals surface area contributed by atoms with Crippen LogP contribution >= 0.6 is 0 Å². The second kappa shape index (κ2) is 10.7. The van der Waals surface area contributed by atoms with E-state index in [0.717, 1.165) is 42.2 Å². The van der Waals surface area contributed by atoms with Crippen molar-refractivity contribution in [3.63, 3.8) is 0 Å². The fourth-order valence-corrected chi connectivity index (χ4v) is 5.35. The summed E-state index contributed by atoms with van der Waals surface area (Å²) in [5, 5.41) is 0. The maximum Gasteiger partial charge on any atom is 0.573 e. The summed E-state index contributed by atoms with van der Waals surface area (Å²) in [6.07, 6.45) is 13.1. The highest BCUT2D eigenvalue weighted by Gasteiger charge is 2.32. The lowest BCUT2D eigenvalue weighted by atomic mass is 9.68. The van der Waals surface area contributed by atoms with Crippen molar-refractivity contribution in [3.8, 4) is 5.75 Å². The minimum atomic E-state index is -4.88. The van der Waals surface area contributed by atoms with Gasteiger partial charge in [0, 0.05) is 0 Å². The summed E-state index contributed by atoms with van der Waals surface area (Å²) in [7, 11) is 0. The lowest BCUT2D eigenvalue weighted by Gasteiger charge is -2.37. The summed E-state index contributed by atoms with van der Waals surface area (Å²) < 4.78 is 54.0. The number of benzene rings is 1. The summed E-state index contributed by atoms with van der Waals surface area (Å²) in [6.45, 7) is 2.32. The van der Waals surface area contributed by atoms with Crippen LogP contribution in [0.15, 0.2) is 30.4 Å². The smallest absolute Gasteiger partial charge is 0.403 e. The number of rotatable bonds is 7. The Hall–Kier alpha value is -1.52. The molecule has 1 aromatic rings. The van der Waals surface area contributed by atoms with Crippen LogP contribution in [0.4, 0.5) is 17.6 Å². The van der Waals surface area contributed by atoms with E-state index < -0.39 is 17.9 Å². The molecule has 5 heteroatoms. The SMILES string of the molecule is CCC1CCC(C2CCC(CC=CCc3ccc(OC(F)(F)F)c(F)c3)CC2)CC1. The molecule has 0 aromatic heterocycles. The highest BCUT2D eigenvalue weighted by Crippen LogP contribution is 2.42.